The second kappa shape index (κ2) is 6.40. The number of alkyl carbamates (subject to hydrolysis) is 1. The minimum atomic E-state index is -0.715. The van der Waals surface area contributed by atoms with Crippen molar-refractivity contribution in [1.82, 2.24) is 10.2 Å². The second-order valence-electron chi connectivity index (χ2n) is 4.95. The Morgan fingerprint density at radius 2 is 2.00 bits per heavy atom. The molecule has 1 saturated heterocycles. The normalized spacial score (nSPS) is 20.2. The molecule has 1 fully saturated rings. The lowest BCUT2D eigenvalue weighted by Crippen LogP contribution is -2.54. The van der Waals surface area contributed by atoms with E-state index in [0.717, 1.165) is 6.42 Å². The smallest absolute Gasteiger partial charge is 0.407 e. The zero-order valence-corrected chi connectivity index (χ0v) is 11.5. The molecule has 1 heterocycles. The highest BCUT2D eigenvalue weighted by Crippen LogP contribution is 2.19. The van der Waals surface area contributed by atoms with Gasteiger partial charge in [0.05, 0.1) is 7.11 Å². The number of carbonyl (C=O) groups is 3. The quantitative estimate of drug-likeness (QED) is 0.742. The molecular formula is C12H21N3O4. The van der Waals surface area contributed by atoms with Crippen LogP contribution in [0.25, 0.3) is 0 Å². The Morgan fingerprint density at radius 3 is 2.47 bits per heavy atom. The molecule has 0 aromatic rings. The highest BCUT2D eigenvalue weighted by molar-refractivity contribution is 5.91. The van der Waals surface area contributed by atoms with Crippen molar-refractivity contribution in [2.45, 2.75) is 38.8 Å². The average molecular weight is 271 g/mol. The monoisotopic (exact) mass is 271 g/mol. The molecule has 0 saturated carbocycles. The lowest BCUT2D eigenvalue weighted by atomic mass is 10.0. The van der Waals surface area contributed by atoms with Crippen molar-refractivity contribution < 1.29 is 19.1 Å². The van der Waals surface area contributed by atoms with Gasteiger partial charge in [-0.25, -0.2) is 4.79 Å². The van der Waals surface area contributed by atoms with Gasteiger partial charge in [-0.2, -0.15) is 0 Å². The molecule has 0 aromatic carbocycles. The third-order valence-electron chi connectivity index (χ3n) is 3.26. The van der Waals surface area contributed by atoms with E-state index in [-0.39, 0.29) is 11.8 Å². The summed E-state index contributed by atoms with van der Waals surface area (Å²) in [6, 6.07) is -1.29. The molecule has 1 rings (SSSR count). The molecule has 2 atom stereocenters. The molecule has 108 valence electrons. The predicted octanol–water partition coefficient (Wildman–Crippen LogP) is -0.157. The lowest BCUT2D eigenvalue weighted by molar-refractivity contribution is -0.139. The maximum atomic E-state index is 12.4. The summed E-state index contributed by atoms with van der Waals surface area (Å²) in [7, 11) is 1.24. The van der Waals surface area contributed by atoms with Crippen LogP contribution in [0.2, 0.25) is 0 Å². The van der Waals surface area contributed by atoms with Crippen LogP contribution in [0.15, 0.2) is 0 Å². The van der Waals surface area contributed by atoms with E-state index < -0.39 is 24.1 Å². The van der Waals surface area contributed by atoms with Crippen molar-refractivity contribution in [1.29, 1.82) is 0 Å². The summed E-state index contributed by atoms with van der Waals surface area (Å²) < 4.78 is 4.51. The van der Waals surface area contributed by atoms with Crippen molar-refractivity contribution in [3.63, 3.8) is 0 Å². The molecule has 1 aliphatic heterocycles. The van der Waals surface area contributed by atoms with E-state index in [0.29, 0.717) is 13.0 Å². The number of nitrogens with two attached hydrogens (primary N) is 1. The van der Waals surface area contributed by atoms with Crippen LogP contribution in [0.5, 0.6) is 0 Å². The van der Waals surface area contributed by atoms with Gasteiger partial charge in [-0.05, 0) is 18.8 Å². The maximum absolute atomic E-state index is 12.4. The molecule has 0 spiro atoms. The Balaban J connectivity index is 2.81. The van der Waals surface area contributed by atoms with Crippen molar-refractivity contribution in [2.24, 2.45) is 11.7 Å². The van der Waals surface area contributed by atoms with Gasteiger partial charge in [-0.1, -0.05) is 13.8 Å². The number of ether oxygens (including phenoxy) is 1. The molecule has 2 unspecified atom stereocenters. The summed E-state index contributed by atoms with van der Waals surface area (Å²) in [5, 5.41) is 2.50. The van der Waals surface area contributed by atoms with E-state index in [2.05, 4.69) is 10.1 Å². The Bertz CT molecular complexity index is 370. The van der Waals surface area contributed by atoms with E-state index in [1.54, 1.807) is 0 Å². The second-order valence-corrected chi connectivity index (χ2v) is 4.95. The fraction of sp³-hybridized carbons (Fsp3) is 0.750. The SMILES string of the molecule is COC(=O)NC(C(=O)N1CCCC1C(N)=O)C(C)C. The molecule has 3 amide bonds. The van der Waals surface area contributed by atoms with Gasteiger partial charge in [-0.15, -0.1) is 0 Å². The summed E-state index contributed by atoms with van der Waals surface area (Å²) in [5.74, 6) is -0.908. The van der Waals surface area contributed by atoms with Crippen molar-refractivity contribution in [3.8, 4) is 0 Å². The van der Waals surface area contributed by atoms with Gasteiger partial charge in [0.1, 0.15) is 12.1 Å². The first-order valence-electron chi connectivity index (χ1n) is 6.32. The molecule has 3 N–H and O–H groups in total. The fourth-order valence-corrected chi connectivity index (χ4v) is 2.20. The number of hydrogen-bond acceptors (Lipinski definition) is 4. The Morgan fingerprint density at radius 1 is 1.37 bits per heavy atom. The van der Waals surface area contributed by atoms with Crippen molar-refractivity contribution in [3.05, 3.63) is 0 Å². The number of rotatable bonds is 4. The van der Waals surface area contributed by atoms with Gasteiger partial charge >= 0.3 is 6.09 Å². The van der Waals surface area contributed by atoms with Gasteiger partial charge in [0.25, 0.3) is 0 Å². The van der Waals surface area contributed by atoms with Crippen LogP contribution in [0.4, 0.5) is 4.79 Å². The fourth-order valence-electron chi connectivity index (χ4n) is 2.20. The van der Waals surface area contributed by atoms with Gasteiger partial charge in [0.15, 0.2) is 0 Å². The highest BCUT2D eigenvalue weighted by atomic mass is 16.5. The summed E-state index contributed by atoms with van der Waals surface area (Å²) >= 11 is 0. The lowest BCUT2D eigenvalue weighted by Gasteiger charge is -2.29. The third-order valence-corrected chi connectivity index (χ3v) is 3.26. The average Bonchev–Trinajstić information content (AvgIpc) is 2.83. The van der Waals surface area contributed by atoms with Gasteiger partial charge in [-0.3, -0.25) is 9.59 Å². The number of nitrogens with zero attached hydrogens (tertiary/aromatic N) is 1. The highest BCUT2D eigenvalue weighted by Gasteiger charge is 2.37. The zero-order chi connectivity index (χ0) is 14.6. The zero-order valence-electron chi connectivity index (χ0n) is 11.5. The van der Waals surface area contributed by atoms with E-state index >= 15 is 0 Å². The molecule has 1 aliphatic rings. The van der Waals surface area contributed by atoms with Crippen molar-refractivity contribution >= 4 is 17.9 Å². The minimum Gasteiger partial charge on any atom is -0.453 e. The van der Waals surface area contributed by atoms with Crippen molar-refractivity contribution in [2.75, 3.05) is 13.7 Å². The van der Waals surface area contributed by atoms with Crippen LogP contribution >= 0.6 is 0 Å². The largest absolute Gasteiger partial charge is 0.453 e. The molecule has 7 heteroatoms. The van der Waals surface area contributed by atoms with E-state index in [9.17, 15) is 14.4 Å². The van der Waals surface area contributed by atoms with Gasteiger partial charge < -0.3 is 20.7 Å². The Hall–Kier alpha value is -1.79. The van der Waals surface area contributed by atoms with E-state index in [1.807, 2.05) is 13.8 Å². The topological polar surface area (TPSA) is 102 Å². The Labute approximate surface area is 112 Å². The summed E-state index contributed by atoms with van der Waals surface area (Å²) in [5.41, 5.74) is 5.28. The summed E-state index contributed by atoms with van der Waals surface area (Å²) in [6.07, 6.45) is 0.647. The standard InChI is InChI=1S/C12H21N3O4/c1-7(2)9(14-12(18)19-3)11(17)15-6-4-5-8(15)10(13)16/h7-9H,4-6H2,1-3H3,(H2,13,16)(H,14,18). The van der Waals surface area contributed by atoms with Crippen LogP contribution in [0.1, 0.15) is 26.7 Å². The molecule has 7 nitrogen and oxygen atoms in total. The predicted molar refractivity (Wildman–Crippen MR) is 68.1 cm³/mol. The van der Waals surface area contributed by atoms with E-state index in [4.69, 9.17) is 5.73 Å². The van der Waals surface area contributed by atoms with Crippen LogP contribution in [-0.4, -0.2) is 48.5 Å². The number of likely N-dealkylation sites (tertiary alicyclic amines) is 1. The van der Waals surface area contributed by atoms with Crippen LogP contribution in [-0.2, 0) is 14.3 Å². The number of methoxy groups -OCH3 is 1. The maximum Gasteiger partial charge on any atom is 0.407 e. The summed E-state index contributed by atoms with van der Waals surface area (Å²) in [4.78, 5) is 36.4. The first-order valence-corrected chi connectivity index (χ1v) is 6.32. The molecular weight excluding hydrogens is 250 g/mol. The van der Waals surface area contributed by atoms with Crippen LogP contribution in [0.3, 0.4) is 0 Å². The minimum absolute atomic E-state index is 0.110. The first-order chi connectivity index (χ1) is 8.88. The first kappa shape index (κ1) is 15.3. The number of primary amides is 1. The molecule has 0 radical (unpaired) electrons. The van der Waals surface area contributed by atoms with Gasteiger partial charge in [0, 0.05) is 6.54 Å². The van der Waals surface area contributed by atoms with Crippen LogP contribution < -0.4 is 11.1 Å². The number of amides is 3. The Kier molecular flexibility index (Phi) is 5.14. The molecule has 0 aromatic heterocycles. The number of nitrogens with one attached hydrogen (secondary N) is 1. The van der Waals surface area contributed by atoms with Crippen LogP contribution in [0, 0.1) is 5.92 Å². The number of carbonyl (C=O) groups excluding carboxylic acids is 3. The van der Waals surface area contributed by atoms with Gasteiger partial charge in [0.2, 0.25) is 11.8 Å². The number of hydrogen-bond donors (Lipinski definition) is 2. The van der Waals surface area contributed by atoms with E-state index in [1.165, 1.54) is 12.0 Å². The third kappa shape index (κ3) is 3.59. The summed E-state index contributed by atoms with van der Waals surface area (Å²) in [6.45, 7) is 4.11. The molecule has 19 heavy (non-hydrogen) atoms. The molecule has 0 aliphatic carbocycles. The molecule has 0 bridgehead atoms.